The molecule has 0 amide bonds. The average molecular weight is 297 g/mol. The summed E-state index contributed by atoms with van der Waals surface area (Å²) in [6.45, 7) is 1.91. The molecule has 4 atom stereocenters. The van der Waals surface area contributed by atoms with E-state index in [4.69, 9.17) is 4.52 Å². The Bertz CT molecular complexity index is 639. The molecule has 0 N–H and O–H groups in total. The zero-order valence-electron chi connectivity index (χ0n) is 13.3. The van der Waals surface area contributed by atoms with E-state index in [1.54, 1.807) is 0 Å². The highest BCUT2D eigenvalue weighted by Gasteiger charge is 2.48. The average Bonchev–Trinajstić information content (AvgIpc) is 3.03. The van der Waals surface area contributed by atoms with E-state index >= 15 is 0 Å². The number of aryl methyl sites for hydroxylation is 1. The highest BCUT2D eigenvalue weighted by molar-refractivity contribution is 5.19. The van der Waals surface area contributed by atoms with Gasteiger partial charge in [0, 0.05) is 12.1 Å². The summed E-state index contributed by atoms with van der Waals surface area (Å²) in [5, 5.41) is 4.04. The molecule has 2 bridgehead atoms. The van der Waals surface area contributed by atoms with Crippen molar-refractivity contribution in [2.24, 2.45) is 5.92 Å². The minimum absolute atomic E-state index is 0.366. The monoisotopic (exact) mass is 297 g/mol. The van der Waals surface area contributed by atoms with Crippen LogP contribution in [0.2, 0.25) is 0 Å². The summed E-state index contributed by atoms with van der Waals surface area (Å²) in [4.78, 5) is 7.12. The number of likely N-dealkylation sites (N-methyl/N-ethyl adjacent to an activating group) is 1. The van der Waals surface area contributed by atoms with Crippen LogP contribution in [0.1, 0.15) is 42.5 Å². The quantitative estimate of drug-likeness (QED) is 0.872. The number of nitrogens with zero attached hydrogens (tertiary/aromatic N) is 3. The van der Waals surface area contributed by atoms with Crippen molar-refractivity contribution in [1.29, 1.82) is 0 Å². The van der Waals surface area contributed by atoms with Crippen molar-refractivity contribution in [1.82, 2.24) is 15.0 Å². The molecule has 1 aromatic heterocycles. The van der Waals surface area contributed by atoms with Gasteiger partial charge in [0.05, 0.1) is 5.92 Å². The fourth-order valence-electron chi connectivity index (χ4n) is 4.51. The number of hydrogen-bond donors (Lipinski definition) is 0. The lowest BCUT2D eigenvalue weighted by Crippen LogP contribution is -2.46. The van der Waals surface area contributed by atoms with Gasteiger partial charge in [0.15, 0.2) is 5.82 Å². The number of piperidine rings is 1. The van der Waals surface area contributed by atoms with E-state index in [1.807, 2.05) is 6.92 Å². The predicted molar refractivity (Wildman–Crippen MR) is 84.6 cm³/mol. The van der Waals surface area contributed by atoms with Gasteiger partial charge in [0.2, 0.25) is 5.89 Å². The van der Waals surface area contributed by atoms with Gasteiger partial charge in [0.1, 0.15) is 0 Å². The maximum Gasteiger partial charge on any atom is 0.231 e. The Morgan fingerprint density at radius 1 is 1.23 bits per heavy atom. The third-order valence-electron chi connectivity index (χ3n) is 5.56. The molecule has 3 heterocycles. The fourth-order valence-corrected chi connectivity index (χ4v) is 4.51. The predicted octanol–water partition coefficient (Wildman–Crippen LogP) is 3.19. The molecule has 2 saturated heterocycles. The molecular formula is C18H23N3O. The van der Waals surface area contributed by atoms with E-state index < -0.39 is 0 Å². The van der Waals surface area contributed by atoms with Gasteiger partial charge in [-0.3, -0.25) is 4.90 Å². The fraction of sp³-hybridized carbons (Fsp3) is 0.556. The van der Waals surface area contributed by atoms with Crippen molar-refractivity contribution in [2.75, 3.05) is 7.05 Å². The van der Waals surface area contributed by atoms with Crippen LogP contribution in [0.4, 0.5) is 0 Å². The standard InChI is InChI=1S/C18H23N3O/c1-12-19-18(22-20-12)17-14(10-13-6-4-3-5-7-13)11-15-8-9-16(17)21(15)2/h3-7,14-17H,8-11H2,1-2H3/t14-,15-,16+,17+/m0/s1. The van der Waals surface area contributed by atoms with Gasteiger partial charge in [-0.15, -0.1) is 0 Å². The second kappa shape index (κ2) is 5.51. The molecule has 0 saturated carbocycles. The third kappa shape index (κ3) is 2.35. The van der Waals surface area contributed by atoms with Crippen LogP contribution in [0.15, 0.2) is 34.9 Å². The van der Waals surface area contributed by atoms with Crippen LogP contribution in [0.5, 0.6) is 0 Å². The number of benzene rings is 1. The normalized spacial score (nSPS) is 31.5. The summed E-state index contributed by atoms with van der Waals surface area (Å²) in [5.41, 5.74) is 1.41. The summed E-state index contributed by atoms with van der Waals surface area (Å²) in [6, 6.07) is 12.1. The van der Waals surface area contributed by atoms with Gasteiger partial charge < -0.3 is 4.52 Å². The lowest BCUT2D eigenvalue weighted by molar-refractivity contribution is 0.0904. The Hall–Kier alpha value is -1.68. The first-order valence-corrected chi connectivity index (χ1v) is 8.28. The first-order valence-electron chi connectivity index (χ1n) is 8.28. The number of aromatic nitrogens is 2. The van der Waals surface area contributed by atoms with Gasteiger partial charge >= 0.3 is 0 Å². The lowest BCUT2D eigenvalue weighted by atomic mass is 9.77. The first kappa shape index (κ1) is 13.9. The lowest BCUT2D eigenvalue weighted by Gasteiger charge is -2.41. The van der Waals surface area contributed by atoms with Gasteiger partial charge in [-0.05, 0) is 51.1 Å². The van der Waals surface area contributed by atoms with Crippen molar-refractivity contribution in [2.45, 2.75) is 50.6 Å². The van der Waals surface area contributed by atoms with Crippen molar-refractivity contribution in [3.8, 4) is 0 Å². The summed E-state index contributed by atoms with van der Waals surface area (Å²) >= 11 is 0. The maximum absolute atomic E-state index is 5.58. The van der Waals surface area contributed by atoms with Gasteiger partial charge in [0.25, 0.3) is 0 Å². The van der Waals surface area contributed by atoms with Gasteiger partial charge in [-0.2, -0.15) is 4.98 Å². The van der Waals surface area contributed by atoms with E-state index in [0.29, 0.717) is 17.9 Å². The molecular weight excluding hydrogens is 274 g/mol. The van der Waals surface area contributed by atoms with Crippen molar-refractivity contribution >= 4 is 0 Å². The van der Waals surface area contributed by atoms with Crippen molar-refractivity contribution < 1.29 is 4.52 Å². The minimum Gasteiger partial charge on any atom is -0.339 e. The van der Waals surface area contributed by atoms with Crippen molar-refractivity contribution in [3.63, 3.8) is 0 Å². The first-order chi connectivity index (χ1) is 10.7. The molecule has 1 aromatic carbocycles. The van der Waals surface area contributed by atoms with Gasteiger partial charge in [-0.1, -0.05) is 35.5 Å². The summed E-state index contributed by atoms with van der Waals surface area (Å²) in [5.74, 6) is 2.55. The molecule has 2 aliphatic rings. The molecule has 116 valence electrons. The Morgan fingerprint density at radius 3 is 2.77 bits per heavy atom. The molecule has 0 aliphatic carbocycles. The van der Waals surface area contributed by atoms with Crippen LogP contribution >= 0.6 is 0 Å². The number of rotatable bonds is 3. The van der Waals surface area contributed by atoms with E-state index in [9.17, 15) is 0 Å². The molecule has 4 nitrogen and oxygen atoms in total. The second-order valence-corrected chi connectivity index (χ2v) is 6.86. The summed E-state index contributed by atoms with van der Waals surface area (Å²) in [7, 11) is 2.26. The summed E-state index contributed by atoms with van der Waals surface area (Å²) in [6.07, 6.45) is 4.89. The zero-order valence-corrected chi connectivity index (χ0v) is 13.3. The summed E-state index contributed by atoms with van der Waals surface area (Å²) < 4.78 is 5.58. The minimum atomic E-state index is 0.366. The topological polar surface area (TPSA) is 42.2 Å². The molecule has 2 aromatic rings. The largest absolute Gasteiger partial charge is 0.339 e. The Labute approximate surface area is 131 Å². The third-order valence-corrected chi connectivity index (χ3v) is 5.56. The molecule has 0 radical (unpaired) electrons. The highest BCUT2D eigenvalue weighted by Crippen LogP contribution is 2.47. The smallest absolute Gasteiger partial charge is 0.231 e. The Morgan fingerprint density at radius 2 is 2.05 bits per heavy atom. The van der Waals surface area contributed by atoms with Gasteiger partial charge in [-0.25, -0.2) is 0 Å². The van der Waals surface area contributed by atoms with Crippen LogP contribution < -0.4 is 0 Å². The van der Waals surface area contributed by atoms with Crippen LogP contribution in [0, 0.1) is 12.8 Å². The van der Waals surface area contributed by atoms with Crippen molar-refractivity contribution in [3.05, 3.63) is 47.6 Å². The van der Waals surface area contributed by atoms with Crippen LogP contribution in [-0.2, 0) is 6.42 Å². The Kier molecular flexibility index (Phi) is 3.49. The highest BCUT2D eigenvalue weighted by atomic mass is 16.5. The van der Waals surface area contributed by atoms with E-state index in [1.165, 1.54) is 24.8 Å². The van der Waals surface area contributed by atoms with E-state index in [2.05, 4.69) is 52.4 Å². The Balaban J connectivity index is 1.65. The second-order valence-electron chi connectivity index (χ2n) is 6.86. The molecule has 2 fully saturated rings. The molecule has 4 heteroatoms. The molecule has 0 spiro atoms. The molecule has 0 unspecified atom stereocenters. The molecule has 22 heavy (non-hydrogen) atoms. The molecule has 2 aliphatic heterocycles. The van der Waals surface area contributed by atoms with Crippen LogP contribution in [0.25, 0.3) is 0 Å². The van der Waals surface area contributed by atoms with Crippen LogP contribution in [0.3, 0.4) is 0 Å². The molecule has 4 rings (SSSR count). The SMILES string of the molecule is Cc1noc([C@@H]2[C@@H](Cc3ccccc3)C[C@@H]3CC[C@H]2N3C)n1. The van der Waals surface area contributed by atoms with E-state index in [0.717, 1.165) is 24.2 Å². The number of fused-ring (bicyclic) bond motifs is 2. The van der Waals surface area contributed by atoms with Crippen LogP contribution in [-0.4, -0.2) is 34.2 Å². The maximum atomic E-state index is 5.58. The number of hydrogen-bond acceptors (Lipinski definition) is 4. The van der Waals surface area contributed by atoms with E-state index in [-0.39, 0.29) is 0 Å². The zero-order chi connectivity index (χ0) is 15.1.